The Labute approximate surface area is 94.8 Å². The predicted octanol–water partition coefficient (Wildman–Crippen LogP) is 3.00. The van der Waals surface area contributed by atoms with Crippen LogP contribution in [0.15, 0.2) is 42.5 Å². The summed E-state index contributed by atoms with van der Waals surface area (Å²) in [5.74, 6) is -0.0808. The van der Waals surface area contributed by atoms with Gasteiger partial charge >= 0.3 is 0 Å². The summed E-state index contributed by atoms with van der Waals surface area (Å²) in [4.78, 5) is 0. The van der Waals surface area contributed by atoms with E-state index in [2.05, 4.69) is 0 Å². The molecule has 0 aromatic heterocycles. The molecule has 0 aliphatic heterocycles. The third kappa shape index (κ3) is 2.16. The maximum absolute atomic E-state index is 9.51. The van der Waals surface area contributed by atoms with Crippen LogP contribution in [-0.2, 0) is 6.42 Å². The number of phenols is 2. The molecule has 0 radical (unpaired) electrons. The molecule has 0 aliphatic carbocycles. The van der Waals surface area contributed by atoms with E-state index in [4.69, 9.17) is 0 Å². The molecule has 2 rings (SSSR count). The van der Waals surface area contributed by atoms with Crippen LogP contribution >= 0.6 is 0 Å². The minimum atomic E-state index is -0.0501. The molecule has 0 spiro atoms. The second kappa shape index (κ2) is 4.27. The van der Waals surface area contributed by atoms with Crippen LogP contribution < -0.4 is 0 Å². The van der Waals surface area contributed by atoms with Gasteiger partial charge in [0.1, 0.15) is 0 Å². The Hall–Kier alpha value is -1.96. The maximum atomic E-state index is 9.51. The summed E-state index contributed by atoms with van der Waals surface area (Å²) in [6.45, 7) is 1.78. The molecule has 0 saturated carbocycles. The van der Waals surface area contributed by atoms with E-state index in [1.165, 1.54) is 5.56 Å². The van der Waals surface area contributed by atoms with Crippen molar-refractivity contribution in [1.82, 2.24) is 0 Å². The number of aryl methyl sites for hydroxylation is 1. The molecule has 0 heterocycles. The van der Waals surface area contributed by atoms with Gasteiger partial charge in [0.25, 0.3) is 0 Å². The van der Waals surface area contributed by atoms with Crippen LogP contribution in [0.25, 0.3) is 0 Å². The first-order valence-electron chi connectivity index (χ1n) is 5.22. The highest BCUT2D eigenvalue weighted by atomic mass is 16.3. The molecule has 16 heavy (non-hydrogen) atoms. The Morgan fingerprint density at radius 1 is 0.938 bits per heavy atom. The number of hydrogen-bond acceptors (Lipinski definition) is 2. The van der Waals surface area contributed by atoms with E-state index in [0.717, 1.165) is 12.0 Å². The van der Waals surface area contributed by atoms with E-state index < -0.39 is 0 Å². The summed E-state index contributed by atoms with van der Waals surface area (Å²) in [6.07, 6.45) is 0.759. The molecular weight excluding hydrogens is 200 g/mol. The summed E-state index contributed by atoms with van der Waals surface area (Å²) in [6, 6.07) is 13.5. The summed E-state index contributed by atoms with van der Waals surface area (Å²) >= 11 is 0. The van der Waals surface area contributed by atoms with Gasteiger partial charge in [-0.05, 0) is 36.1 Å². The molecule has 2 heteroatoms. The predicted molar refractivity (Wildman–Crippen MR) is 63.8 cm³/mol. The second-order valence-corrected chi connectivity index (χ2v) is 3.94. The first kappa shape index (κ1) is 10.6. The lowest BCUT2D eigenvalue weighted by molar-refractivity contribution is 0.400. The standard InChI is InChI=1S/C14H14O2/c1-10-7-12(9-13(15)14(10)16)8-11-5-3-2-4-6-11/h2-7,9,15-16H,8H2,1H3. The Balaban J connectivity index is 2.29. The molecule has 2 aromatic carbocycles. The van der Waals surface area contributed by atoms with E-state index in [9.17, 15) is 10.2 Å². The normalized spacial score (nSPS) is 10.3. The lowest BCUT2D eigenvalue weighted by atomic mass is 10.0. The highest BCUT2D eigenvalue weighted by Crippen LogP contribution is 2.30. The van der Waals surface area contributed by atoms with Crippen LogP contribution in [0.4, 0.5) is 0 Å². The number of hydrogen-bond donors (Lipinski definition) is 2. The van der Waals surface area contributed by atoms with E-state index in [1.54, 1.807) is 13.0 Å². The van der Waals surface area contributed by atoms with Gasteiger partial charge < -0.3 is 10.2 Å². The van der Waals surface area contributed by atoms with Gasteiger partial charge in [-0.25, -0.2) is 0 Å². The number of aromatic hydroxyl groups is 2. The van der Waals surface area contributed by atoms with Crippen LogP contribution in [0.1, 0.15) is 16.7 Å². The third-order valence-corrected chi connectivity index (χ3v) is 2.59. The van der Waals surface area contributed by atoms with Crippen LogP contribution in [-0.4, -0.2) is 10.2 Å². The molecular formula is C14H14O2. The van der Waals surface area contributed by atoms with Crippen molar-refractivity contribution in [3.63, 3.8) is 0 Å². The quantitative estimate of drug-likeness (QED) is 0.754. The van der Waals surface area contributed by atoms with Crippen LogP contribution in [0, 0.1) is 6.92 Å². The van der Waals surface area contributed by atoms with Gasteiger partial charge in [0.05, 0.1) is 0 Å². The molecule has 0 atom stereocenters. The minimum absolute atomic E-state index is 0.0307. The van der Waals surface area contributed by atoms with Crippen molar-refractivity contribution in [2.24, 2.45) is 0 Å². The first-order chi connectivity index (χ1) is 7.66. The zero-order valence-corrected chi connectivity index (χ0v) is 9.14. The van der Waals surface area contributed by atoms with Crippen LogP contribution in [0.3, 0.4) is 0 Å². The van der Waals surface area contributed by atoms with E-state index >= 15 is 0 Å². The fourth-order valence-corrected chi connectivity index (χ4v) is 1.77. The average Bonchev–Trinajstić information content (AvgIpc) is 2.27. The molecule has 2 nitrogen and oxygen atoms in total. The topological polar surface area (TPSA) is 40.5 Å². The Kier molecular flexibility index (Phi) is 2.82. The molecule has 0 saturated heterocycles. The maximum Gasteiger partial charge on any atom is 0.160 e. The van der Waals surface area contributed by atoms with Gasteiger partial charge in [-0.2, -0.15) is 0 Å². The van der Waals surface area contributed by atoms with Gasteiger partial charge in [-0.3, -0.25) is 0 Å². The molecule has 0 aliphatic rings. The Morgan fingerprint density at radius 3 is 2.25 bits per heavy atom. The van der Waals surface area contributed by atoms with Gasteiger partial charge in [-0.1, -0.05) is 36.4 Å². The Bertz CT molecular complexity index is 466. The zero-order valence-electron chi connectivity index (χ0n) is 9.14. The first-order valence-corrected chi connectivity index (χ1v) is 5.22. The van der Waals surface area contributed by atoms with Crippen LogP contribution in [0.2, 0.25) is 0 Å². The highest BCUT2D eigenvalue weighted by molar-refractivity contribution is 5.47. The second-order valence-electron chi connectivity index (χ2n) is 3.94. The number of rotatable bonds is 2. The van der Waals surface area contributed by atoms with Crippen molar-refractivity contribution >= 4 is 0 Å². The monoisotopic (exact) mass is 214 g/mol. The largest absolute Gasteiger partial charge is 0.504 e. The fourth-order valence-electron chi connectivity index (χ4n) is 1.77. The zero-order chi connectivity index (χ0) is 11.5. The summed E-state index contributed by atoms with van der Waals surface area (Å²) in [7, 11) is 0. The molecule has 2 aromatic rings. The van der Waals surface area contributed by atoms with Crippen molar-refractivity contribution < 1.29 is 10.2 Å². The van der Waals surface area contributed by atoms with Crippen molar-refractivity contribution in [3.05, 3.63) is 59.2 Å². The van der Waals surface area contributed by atoms with Gasteiger partial charge in [0, 0.05) is 0 Å². The average molecular weight is 214 g/mol. The summed E-state index contributed by atoms with van der Waals surface area (Å²) in [5, 5.41) is 19.0. The van der Waals surface area contributed by atoms with Gasteiger partial charge in [-0.15, -0.1) is 0 Å². The lowest BCUT2D eigenvalue weighted by Crippen LogP contribution is -1.89. The molecule has 0 bridgehead atoms. The van der Waals surface area contributed by atoms with E-state index in [1.807, 2.05) is 36.4 Å². The molecule has 0 amide bonds. The summed E-state index contributed by atoms with van der Waals surface area (Å²) in [5.41, 5.74) is 2.89. The molecule has 0 unspecified atom stereocenters. The highest BCUT2D eigenvalue weighted by Gasteiger charge is 2.05. The van der Waals surface area contributed by atoms with Crippen molar-refractivity contribution in [2.75, 3.05) is 0 Å². The van der Waals surface area contributed by atoms with Crippen molar-refractivity contribution in [2.45, 2.75) is 13.3 Å². The van der Waals surface area contributed by atoms with Gasteiger partial charge in [0.15, 0.2) is 11.5 Å². The van der Waals surface area contributed by atoms with E-state index in [-0.39, 0.29) is 11.5 Å². The van der Waals surface area contributed by atoms with Crippen molar-refractivity contribution in [3.8, 4) is 11.5 Å². The third-order valence-electron chi connectivity index (χ3n) is 2.59. The van der Waals surface area contributed by atoms with Crippen LogP contribution in [0.5, 0.6) is 11.5 Å². The smallest absolute Gasteiger partial charge is 0.160 e. The minimum Gasteiger partial charge on any atom is -0.504 e. The summed E-state index contributed by atoms with van der Waals surface area (Å²) < 4.78 is 0. The number of benzene rings is 2. The molecule has 2 N–H and O–H groups in total. The number of phenolic OH excluding ortho intramolecular Hbond substituents is 2. The SMILES string of the molecule is Cc1cc(Cc2ccccc2)cc(O)c1O. The molecule has 82 valence electrons. The lowest BCUT2D eigenvalue weighted by Gasteiger charge is -2.06. The van der Waals surface area contributed by atoms with Crippen molar-refractivity contribution in [1.29, 1.82) is 0 Å². The molecule has 0 fully saturated rings. The van der Waals surface area contributed by atoms with Gasteiger partial charge in [0.2, 0.25) is 0 Å². The fraction of sp³-hybridized carbons (Fsp3) is 0.143. The van der Waals surface area contributed by atoms with E-state index in [0.29, 0.717) is 5.56 Å². The Morgan fingerprint density at radius 2 is 1.62 bits per heavy atom.